The number of hydrogen-bond donors (Lipinski definition) is 1. The van der Waals surface area contributed by atoms with Gasteiger partial charge in [-0.15, -0.1) is 0 Å². The highest BCUT2D eigenvalue weighted by Gasteiger charge is 2.28. The average molecular weight is 301 g/mol. The molecule has 0 unspecified atom stereocenters. The molecule has 1 heterocycles. The van der Waals surface area contributed by atoms with E-state index < -0.39 is 0 Å². The molecule has 0 spiro atoms. The van der Waals surface area contributed by atoms with E-state index in [0.29, 0.717) is 16.5 Å². The summed E-state index contributed by atoms with van der Waals surface area (Å²) in [6, 6.07) is 5.34. The van der Waals surface area contributed by atoms with Crippen molar-refractivity contribution in [1.29, 1.82) is 0 Å². The second-order valence-electron chi connectivity index (χ2n) is 5.55. The molecule has 1 aliphatic heterocycles. The van der Waals surface area contributed by atoms with Gasteiger partial charge >= 0.3 is 0 Å². The number of rotatable bonds is 2. The van der Waals surface area contributed by atoms with Crippen LogP contribution < -0.4 is 5.32 Å². The van der Waals surface area contributed by atoms with Gasteiger partial charge in [0, 0.05) is 25.2 Å². The molecule has 1 aromatic carbocycles. The van der Waals surface area contributed by atoms with Gasteiger partial charge in [0.05, 0.1) is 16.5 Å². The Labute approximate surface area is 123 Å². The maximum absolute atomic E-state index is 12.3. The summed E-state index contributed by atoms with van der Waals surface area (Å²) < 4.78 is 0. The Balaban J connectivity index is 2.02. The van der Waals surface area contributed by atoms with Crippen molar-refractivity contribution in [2.75, 3.05) is 19.6 Å². The third-order valence-corrected chi connectivity index (χ3v) is 4.00. The van der Waals surface area contributed by atoms with Gasteiger partial charge in [-0.2, -0.15) is 0 Å². The highest BCUT2D eigenvalue weighted by molar-refractivity contribution is 6.42. The van der Waals surface area contributed by atoms with E-state index in [9.17, 15) is 4.79 Å². The minimum absolute atomic E-state index is 0.0223. The van der Waals surface area contributed by atoms with Gasteiger partial charge in [0.15, 0.2) is 0 Å². The smallest absolute Gasteiger partial charge is 0.227 e. The lowest BCUT2D eigenvalue weighted by Crippen LogP contribution is -2.58. The molecule has 0 aromatic heterocycles. The predicted molar refractivity (Wildman–Crippen MR) is 78.8 cm³/mol. The number of benzene rings is 1. The van der Waals surface area contributed by atoms with E-state index in [1.54, 1.807) is 12.1 Å². The summed E-state index contributed by atoms with van der Waals surface area (Å²) in [5, 5.41) is 4.40. The number of nitrogens with one attached hydrogen (secondary N) is 1. The van der Waals surface area contributed by atoms with Crippen LogP contribution in [0.2, 0.25) is 10.0 Å². The minimum Gasteiger partial charge on any atom is -0.339 e. The van der Waals surface area contributed by atoms with E-state index in [4.69, 9.17) is 23.2 Å². The van der Waals surface area contributed by atoms with Crippen molar-refractivity contribution in [2.24, 2.45) is 0 Å². The van der Waals surface area contributed by atoms with Gasteiger partial charge in [-0.05, 0) is 31.5 Å². The summed E-state index contributed by atoms with van der Waals surface area (Å²) in [5.74, 6) is 0.132. The van der Waals surface area contributed by atoms with Crippen molar-refractivity contribution in [3.8, 4) is 0 Å². The van der Waals surface area contributed by atoms with Crippen molar-refractivity contribution in [3.63, 3.8) is 0 Å². The molecule has 0 bridgehead atoms. The van der Waals surface area contributed by atoms with Crippen LogP contribution in [0.15, 0.2) is 18.2 Å². The fraction of sp³-hybridized carbons (Fsp3) is 0.500. The Bertz CT molecular complexity index is 488. The zero-order valence-electron chi connectivity index (χ0n) is 11.2. The molecule has 0 radical (unpaired) electrons. The van der Waals surface area contributed by atoms with Crippen molar-refractivity contribution in [1.82, 2.24) is 10.2 Å². The Morgan fingerprint density at radius 3 is 2.74 bits per heavy atom. The van der Waals surface area contributed by atoms with E-state index in [0.717, 1.165) is 25.2 Å². The van der Waals surface area contributed by atoms with Crippen molar-refractivity contribution in [3.05, 3.63) is 33.8 Å². The van der Waals surface area contributed by atoms with Gasteiger partial charge in [-0.1, -0.05) is 29.3 Å². The summed E-state index contributed by atoms with van der Waals surface area (Å²) in [6.45, 7) is 6.52. The highest BCUT2D eigenvalue weighted by Crippen LogP contribution is 2.23. The van der Waals surface area contributed by atoms with E-state index in [-0.39, 0.29) is 11.4 Å². The van der Waals surface area contributed by atoms with Crippen LogP contribution in [0.1, 0.15) is 19.4 Å². The summed E-state index contributed by atoms with van der Waals surface area (Å²) in [7, 11) is 0. The molecule has 2 rings (SSSR count). The first-order valence-corrected chi connectivity index (χ1v) is 7.10. The fourth-order valence-electron chi connectivity index (χ4n) is 2.29. The van der Waals surface area contributed by atoms with Crippen molar-refractivity contribution in [2.45, 2.75) is 25.8 Å². The molecule has 1 amide bonds. The minimum atomic E-state index is -0.0223. The van der Waals surface area contributed by atoms with E-state index in [1.165, 1.54) is 0 Å². The van der Waals surface area contributed by atoms with E-state index in [2.05, 4.69) is 19.2 Å². The molecule has 1 fully saturated rings. The third kappa shape index (κ3) is 3.85. The van der Waals surface area contributed by atoms with Crippen molar-refractivity contribution < 1.29 is 4.79 Å². The average Bonchev–Trinajstić information content (AvgIpc) is 2.32. The quantitative estimate of drug-likeness (QED) is 0.911. The third-order valence-electron chi connectivity index (χ3n) is 3.26. The van der Waals surface area contributed by atoms with E-state index >= 15 is 0 Å². The molecule has 1 aromatic rings. The highest BCUT2D eigenvalue weighted by atomic mass is 35.5. The number of nitrogens with zero attached hydrogens (tertiary/aromatic N) is 1. The molecular weight excluding hydrogens is 283 g/mol. The second-order valence-corrected chi connectivity index (χ2v) is 6.37. The first kappa shape index (κ1) is 14.6. The number of carbonyl (C=O) groups excluding carboxylic acids is 1. The summed E-state index contributed by atoms with van der Waals surface area (Å²) >= 11 is 11.8. The summed E-state index contributed by atoms with van der Waals surface area (Å²) in [4.78, 5) is 14.2. The predicted octanol–water partition coefficient (Wildman–Crippen LogP) is 2.75. The molecular formula is C14H18Cl2N2O. The number of halogens is 2. The number of carbonyl (C=O) groups is 1. The molecule has 1 N–H and O–H groups in total. The molecule has 0 saturated carbocycles. The summed E-state index contributed by atoms with van der Waals surface area (Å²) in [5.41, 5.74) is 0.877. The Morgan fingerprint density at radius 1 is 1.37 bits per heavy atom. The molecule has 3 nitrogen and oxygen atoms in total. The monoisotopic (exact) mass is 300 g/mol. The van der Waals surface area contributed by atoms with Crippen molar-refractivity contribution >= 4 is 29.1 Å². The van der Waals surface area contributed by atoms with Crippen LogP contribution in [0, 0.1) is 0 Å². The van der Waals surface area contributed by atoms with Gasteiger partial charge in [0.2, 0.25) is 5.91 Å². The number of piperazine rings is 1. The van der Waals surface area contributed by atoms with Gasteiger partial charge < -0.3 is 10.2 Å². The van der Waals surface area contributed by atoms with Crippen LogP contribution in [-0.2, 0) is 11.2 Å². The van der Waals surface area contributed by atoms with Gasteiger partial charge in [-0.3, -0.25) is 4.79 Å². The zero-order chi connectivity index (χ0) is 14.0. The number of amides is 1. The normalized spacial score (nSPS) is 18.4. The van der Waals surface area contributed by atoms with Gasteiger partial charge in [-0.25, -0.2) is 0 Å². The molecule has 1 aliphatic rings. The van der Waals surface area contributed by atoms with Crippen LogP contribution in [0.25, 0.3) is 0 Å². The number of hydrogen-bond acceptors (Lipinski definition) is 2. The first-order valence-electron chi connectivity index (χ1n) is 6.34. The lowest BCUT2D eigenvalue weighted by molar-refractivity contribution is -0.132. The maximum atomic E-state index is 12.3. The van der Waals surface area contributed by atoms with E-state index in [1.807, 2.05) is 11.0 Å². The second kappa shape index (κ2) is 5.70. The molecule has 104 valence electrons. The van der Waals surface area contributed by atoms with Gasteiger partial charge in [0.1, 0.15) is 0 Å². The summed E-state index contributed by atoms with van der Waals surface area (Å²) in [6.07, 6.45) is 0.368. The maximum Gasteiger partial charge on any atom is 0.227 e. The lowest BCUT2D eigenvalue weighted by Gasteiger charge is -2.39. The topological polar surface area (TPSA) is 32.3 Å². The van der Waals surface area contributed by atoms with Crippen LogP contribution >= 0.6 is 23.2 Å². The van der Waals surface area contributed by atoms with Crippen LogP contribution in [0.3, 0.4) is 0 Å². The molecule has 1 saturated heterocycles. The SMILES string of the molecule is CC1(C)CN(C(=O)Cc2ccc(Cl)c(Cl)c2)CCN1. The Kier molecular flexibility index (Phi) is 4.39. The molecule has 0 atom stereocenters. The van der Waals surface area contributed by atoms with Crippen LogP contribution in [-0.4, -0.2) is 36.0 Å². The van der Waals surface area contributed by atoms with Crippen LogP contribution in [0.4, 0.5) is 0 Å². The Hall–Kier alpha value is -0.770. The largest absolute Gasteiger partial charge is 0.339 e. The van der Waals surface area contributed by atoms with Gasteiger partial charge in [0.25, 0.3) is 0 Å². The lowest BCUT2D eigenvalue weighted by atomic mass is 10.0. The van der Waals surface area contributed by atoms with Crippen LogP contribution in [0.5, 0.6) is 0 Å². The standard InChI is InChI=1S/C14H18Cl2N2O/c1-14(2)9-18(6-5-17-14)13(19)8-10-3-4-11(15)12(16)7-10/h3-4,7,17H,5-6,8-9H2,1-2H3. The Morgan fingerprint density at radius 2 is 2.11 bits per heavy atom. The molecule has 0 aliphatic carbocycles. The first-order chi connectivity index (χ1) is 8.87. The molecule has 19 heavy (non-hydrogen) atoms. The molecule has 5 heteroatoms. The zero-order valence-corrected chi connectivity index (χ0v) is 12.7. The fourth-order valence-corrected chi connectivity index (χ4v) is 2.61.